The molecule has 0 radical (unpaired) electrons. The molecule has 0 rings (SSSR count). The first kappa shape index (κ1) is 7.44. The molecule has 0 atom stereocenters. The second kappa shape index (κ2) is 2.68. The molecule has 0 heterocycles. The molecule has 0 amide bonds. The van der Waals surface area contributed by atoms with E-state index in [1.54, 1.807) is 0 Å². The van der Waals surface area contributed by atoms with Crippen molar-refractivity contribution in [3.8, 4) is 0 Å². The molecule has 0 N–H and O–H groups in total. The van der Waals surface area contributed by atoms with Crippen LogP contribution in [-0.4, -0.2) is 18.3 Å². The van der Waals surface area contributed by atoms with Crippen LogP contribution in [0.15, 0.2) is 12.7 Å². The van der Waals surface area contributed by atoms with E-state index < -0.39 is 9.06 Å². The lowest BCUT2D eigenvalue weighted by molar-refractivity contribution is 1.78. The number of hydrogen-bond acceptors (Lipinski definition) is 1. The fourth-order valence-electron chi connectivity index (χ4n) is 0.288. The van der Waals surface area contributed by atoms with Crippen molar-refractivity contribution in [3.05, 3.63) is 12.7 Å². The van der Waals surface area contributed by atoms with Crippen molar-refractivity contribution in [1.29, 1.82) is 0 Å². The Labute approximate surface area is 52.1 Å². The maximum Gasteiger partial charge on any atom is 0.00288 e. The average Bonchev–Trinajstić information content (AvgIpc) is 1.30. The first-order valence-electron chi connectivity index (χ1n) is 2.10. The lowest BCUT2D eigenvalue weighted by atomic mass is 10.8. The van der Waals surface area contributed by atoms with E-state index in [9.17, 15) is 0 Å². The highest BCUT2D eigenvalue weighted by atomic mass is 33.1. The quantitative estimate of drug-likeness (QED) is 0.335. The number of thiol groups is 1. The van der Waals surface area contributed by atoms with Crippen molar-refractivity contribution in [2.24, 2.45) is 0 Å². The zero-order valence-electron chi connectivity index (χ0n) is 4.85. The van der Waals surface area contributed by atoms with Gasteiger partial charge in [-0.3, -0.25) is 0 Å². The molecule has 0 spiro atoms. The summed E-state index contributed by atoms with van der Waals surface area (Å²) in [6.07, 6.45) is 6.22. The van der Waals surface area contributed by atoms with Crippen molar-refractivity contribution in [2.75, 3.05) is 18.3 Å². The highest BCUT2D eigenvalue weighted by Crippen LogP contribution is 2.43. The Morgan fingerprint density at radius 2 is 2.14 bits per heavy atom. The molecule has 44 valence electrons. The molecule has 0 aliphatic heterocycles. The van der Waals surface area contributed by atoms with Crippen LogP contribution in [0.1, 0.15) is 0 Å². The molecule has 0 aliphatic carbocycles. The van der Waals surface area contributed by atoms with E-state index in [1.807, 2.05) is 6.08 Å². The van der Waals surface area contributed by atoms with Crippen molar-refractivity contribution in [2.45, 2.75) is 0 Å². The fourth-order valence-corrected chi connectivity index (χ4v) is 1.18. The number of hydrogen-bond donors (Lipinski definition) is 1. The zero-order chi connectivity index (χ0) is 5.91. The lowest BCUT2D eigenvalue weighted by Gasteiger charge is -2.20. The molecule has 0 saturated heterocycles. The predicted molar refractivity (Wildman–Crippen MR) is 43.5 cm³/mol. The van der Waals surface area contributed by atoms with Crippen LogP contribution in [0.4, 0.5) is 0 Å². The maximum absolute atomic E-state index is 4.35. The Morgan fingerprint density at radius 3 is 2.14 bits per heavy atom. The molecule has 0 aromatic rings. The summed E-state index contributed by atoms with van der Waals surface area (Å²) in [5.41, 5.74) is 0. The molecule has 0 saturated carbocycles. The summed E-state index contributed by atoms with van der Waals surface area (Å²) in [7, 11) is -0.598. The summed E-state index contributed by atoms with van der Waals surface area (Å²) in [4.78, 5) is 0. The Morgan fingerprint density at radius 1 is 1.71 bits per heavy atom. The minimum atomic E-state index is -0.598. The van der Waals surface area contributed by atoms with E-state index >= 15 is 0 Å². The summed E-state index contributed by atoms with van der Waals surface area (Å²) in [5.74, 6) is 1.05. The zero-order valence-corrected chi connectivity index (χ0v) is 6.56. The topological polar surface area (TPSA) is 0 Å². The SMILES string of the molecule is C=CCS(C)(C)S. The van der Waals surface area contributed by atoms with Crippen LogP contribution in [0.3, 0.4) is 0 Å². The van der Waals surface area contributed by atoms with Gasteiger partial charge in [0.25, 0.3) is 0 Å². The molecule has 0 bridgehead atoms. The van der Waals surface area contributed by atoms with Crippen LogP contribution in [0.2, 0.25) is 0 Å². The van der Waals surface area contributed by atoms with E-state index in [2.05, 4.69) is 30.8 Å². The van der Waals surface area contributed by atoms with Gasteiger partial charge in [-0.15, -0.1) is 18.2 Å². The fraction of sp³-hybridized carbons (Fsp3) is 0.600. The van der Waals surface area contributed by atoms with E-state index in [0.29, 0.717) is 0 Å². The molecule has 0 aromatic heterocycles. The maximum atomic E-state index is 4.35. The molecule has 2 heteroatoms. The van der Waals surface area contributed by atoms with Gasteiger partial charge in [-0.2, -0.15) is 9.06 Å². The first-order chi connectivity index (χ1) is 3.06. The molecular formula is C5H12S2. The Balaban J connectivity index is 3.34. The molecule has 7 heavy (non-hydrogen) atoms. The second-order valence-corrected chi connectivity index (χ2v) is 8.19. The summed E-state index contributed by atoms with van der Waals surface area (Å²) in [6.45, 7) is 3.62. The lowest BCUT2D eigenvalue weighted by Crippen LogP contribution is -1.86. The molecular weight excluding hydrogens is 124 g/mol. The van der Waals surface area contributed by atoms with Gasteiger partial charge >= 0.3 is 0 Å². The Kier molecular flexibility index (Phi) is 2.84. The van der Waals surface area contributed by atoms with Gasteiger partial charge in [-0.05, 0) is 12.5 Å². The van der Waals surface area contributed by atoms with E-state index in [1.165, 1.54) is 0 Å². The van der Waals surface area contributed by atoms with Crippen LogP contribution in [0.5, 0.6) is 0 Å². The normalized spacial score (nSPS) is 13.6. The van der Waals surface area contributed by atoms with Crippen molar-refractivity contribution in [3.63, 3.8) is 0 Å². The Bertz CT molecular complexity index is 61.0. The molecule has 0 nitrogen and oxygen atoms in total. The standard InChI is InChI=1S/C5H12S2/c1-4-5-7(2,3)6/h4,6H,1,5H2,2-3H3. The van der Waals surface area contributed by atoms with Gasteiger partial charge in [0, 0.05) is 5.75 Å². The Hall–Kier alpha value is 0.440. The van der Waals surface area contributed by atoms with Gasteiger partial charge < -0.3 is 0 Å². The highest BCUT2D eigenvalue weighted by Gasteiger charge is 1.98. The van der Waals surface area contributed by atoms with Gasteiger partial charge in [-0.25, -0.2) is 0 Å². The van der Waals surface area contributed by atoms with Crippen LogP contribution in [0, 0.1) is 0 Å². The van der Waals surface area contributed by atoms with Crippen LogP contribution in [0.25, 0.3) is 0 Å². The summed E-state index contributed by atoms with van der Waals surface area (Å²) in [5, 5.41) is 0. The van der Waals surface area contributed by atoms with E-state index in [-0.39, 0.29) is 0 Å². The molecule has 0 unspecified atom stereocenters. The minimum absolute atomic E-state index is 0.598. The number of rotatable bonds is 2. The smallest absolute Gasteiger partial charge is 0.00288 e. The summed E-state index contributed by atoms with van der Waals surface area (Å²) < 4.78 is 0. The van der Waals surface area contributed by atoms with Crippen molar-refractivity contribution < 1.29 is 0 Å². The van der Waals surface area contributed by atoms with E-state index in [0.717, 1.165) is 5.75 Å². The molecule has 0 fully saturated rings. The molecule has 0 aromatic carbocycles. The summed E-state index contributed by atoms with van der Waals surface area (Å²) >= 11 is 4.35. The third-order valence-corrected chi connectivity index (χ3v) is 2.02. The van der Waals surface area contributed by atoms with E-state index in [4.69, 9.17) is 0 Å². The van der Waals surface area contributed by atoms with Gasteiger partial charge in [0.15, 0.2) is 0 Å². The van der Waals surface area contributed by atoms with Crippen LogP contribution >= 0.6 is 20.7 Å². The van der Waals surface area contributed by atoms with Crippen molar-refractivity contribution in [1.82, 2.24) is 0 Å². The predicted octanol–water partition coefficient (Wildman–Crippen LogP) is 2.08. The first-order valence-corrected chi connectivity index (χ1v) is 5.78. The highest BCUT2D eigenvalue weighted by molar-refractivity contribution is 8.87. The largest absolute Gasteiger partial charge is 0.198 e. The van der Waals surface area contributed by atoms with Gasteiger partial charge in [0.05, 0.1) is 0 Å². The van der Waals surface area contributed by atoms with Gasteiger partial charge in [0.1, 0.15) is 0 Å². The monoisotopic (exact) mass is 136 g/mol. The van der Waals surface area contributed by atoms with Crippen LogP contribution < -0.4 is 0 Å². The second-order valence-electron chi connectivity index (χ2n) is 1.94. The average molecular weight is 136 g/mol. The molecule has 0 aliphatic rings. The van der Waals surface area contributed by atoms with Gasteiger partial charge in [-0.1, -0.05) is 6.08 Å². The van der Waals surface area contributed by atoms with Gasteiger partial charge in [0.2, 0.25) is 0 Å². The van der Waals surface area contributed by atoms with Crippen LogP contribution in [-0.2, 0) is 0 Å². The minimum Gasteiger partial charge on any atom is -0.198 e. The van der Waals surface area contributed by atoms with Crippen molar-refractivity contribution >= 4 is 20.7 Å². The summed E-state index contributed by atoms with van der Waals surface area (Å²) in [6, 6.07) is 0. The third-order valence-electron chi connectivity index (χ3n) is 0.526. The third kappa shape index (κ3) is 6.44.